The van der Waals surface area contributed by atoms with Crippen LogP contribution in [0.15, 0.2) is 42.5 Å². The summed E-state index contributed by atoms with van der Waals surface area (Å²) in [4.78, 5) is 22.6. The van der Waals surface area contributed by atoms with E-state index in [0.717, 1.165) is 0 Å². The Labute approximate surface area is 119 Å². The van der Waals surface area contributed by atoms with Crippen molar-refractivity contribution >= 4 is 12.3 Å². The summed E-state index contributed by atoms with van der Waals surface area (Å²) >= 11 is 0. The predicted octanol–water partition coefficient (Wildman–Crippen LogP) is 3.13. The first kappa shape index (κ1) is 16.1. The molecule has 1 rings (SSSR count). The third kappa shape index (κ3) is 5.36. The number of aldehydes is 1. The fourth-order valence-corrected chi connectivity index (χ4v) is 1.73. The molecule has 1 aromatic carbocycles. The number of carbonyl (C=O) groups excluding carboxylic acids is 2. The lowest BCUT2D eigenvalue weighted by molar-refractivity contribution is -0.211. The van der Waals surface area contributed by atoms with Crippen molar-refractivity contribution in [1.82, 2.24) is 0 Å². The van der Waals surface area contributed by atoms with Crippen molar-refractivity contribution in [3.63, 3.8) is 0 Å². The van der Waals surface area contributed by atoms with Crippen LogP contribution in [0.3, 0.4) is 0 Å². The van der Waals surface area contributed by atoms with Gasteiger partial charge in [-0.05, 0) is 45.1 Å². The van der Waals surface area contributed by atoms with Gasteiger partial charge in [0.05, 0.1) is 11.2 Å². The van der Waals surface area contributed by atoms with E-state index in [1.165, 1.54) is 12.2 Å². The van der Waals surface area contributed by atoms with E-state index in [2.05, 4.69) is 0 Å². The van der Waals surface area contributed by atoms with E-state index in [4.69, 9.17) is 9.47 Å². The largest absolute Gasteiger partial charge is 0.426 e. The molecule has 1 aromatic rings. The smallest absolute Gasteiger partial charge is 0.340 e. The summed E-state index contributed by atoms with van der Waals surface area (Å²) in [5.74, 6) is -1.81. The summed E-state index contributed by atoms with van der Waals surface area (Å²) in [6.45, 7) is 7.13. The molecule has 0 radical (unpaired) electrons. The molecule has 108 valence electrons. The number of benzene rings is 1. The highest BCUT2D eigenvalue weighted by molar-refractivity contribution is 5.89. The minimum atomic E-state index is -1.30. The third-order valence-electron chi connectivity index (χ3n) is 2.29. The Bertz CT molecular complexity index is 485. The summed E-state index contributed by atoms with van der Waals surface area (Å²) in [5.41, 5.74) is -0.102. The molecule has 1 atom stereocenters. The molecule has 0 bridgehead atoms. The Morgan fingerprint density at radius 3 is 2.20 bits per heavy atom. The number of hydrogen-bond donors (Lipinski definition) is 0. The minimum absolute atomic E-state index is 0.427. The lowest BCUT2D eigenvalue weighted by Crippen LogP contribution is -2.40. The zero-order valence-corrected chi connectivity index (χ0v) is 12.3. The Balaban J connectivity index is 2.92. The molecule has 0 aromatic heterocycles. The highest BCUT2D eigenvalue weighted by Gasteiger charge is 2.32. The van der Waals surface area contributed by atoms with E-state index in [1.807, 2.05) is 26.8 Å². The molecule has 4 nitrogen and oxygen atoms in total. The summed E-state index contributed by atoms with van der Waals surface area (Å²) in [7, 11) is 0. The van der Waals surface area contributed by atoms with Crippen LogP contribution in [-0.2, 0) is 14.3 Å². The molecule has 4 heteroatoms. The fraction of sp³-hybridized carbons (Fsp3) is 0.375. The zero-order valence-electron chi connectivity index (χ0n) is 12.3. The highest BCUT2D eigenvalue weighted by Crippen LogP contribution is 2.24. The topological polar surface area (TPSA) is 52.6 Å². The Morgan fingerprint density at radius 2 is 1.70 bits per heavy atom. The van der Waals surface area contributed by atoms with Crippen LogP contribution in [0.25, 0.3) is 0 Å². The molecule has 0 aliphatic rings. The van der Waals surface area contributed by atoms with Crippen molar-refractivity contribution in [2.24, 2.45) is 0 Å². The van der Waals surface area contributed by atoms with E-state index in [1.54, 1.807) is 31.2 Å². The molecule has 0 amide bonds. The molecule has 0 saturated carbocycles. The van der Waals surface area contributed by atoms with Crippen LogP contribution < -0.4 is 0 Å². The van der Waals surface area contributed by atoms with E-state index in [0.29, 0.717) is 11.8 Å². The first-order valence-electron chi connectivity index (χ1n) is 6.37. The number of carbonyl (C=O) groups is 2. The summed E-state index contributed by atoms with van der Waals surface area (Å²) in [6, 6.07) is 8.63. The van der Waals surface area contributed by atoms with Gasteiger partial charge in [0.25, 0.3) is 0 Å². The maximum atomic E-state index is 12.1. The Morgan fingerprint density at radius 1 is 1.10 bits per heavy atom. The van der Waals surface area contributed by atoms with Crippen LogP contribution in [-0.4, -0.2) is 23.6 Å². The summed E-state index contributed by atoms with van der Waals surface area (Å²) in [5, 5.41) is 0. The number of rotatable bonds is 5. The van der Waals surface area contributed by atoms with Crippen molar-refractivity contribution in [3.05, 3.63) is 48.0 Å². The van der Waals surface area contributed by atoms with Crippen LogP contribution in [0.5, 0.6) is 0 Å². The monoisotopic (exact) mass is 276 g/mol. The van der Waals surface area contributed by atoms with E-state index >= 15 is 0 Å². The number of esters is 1. The fourth-order valence-electron chi connectivity index (χ4n) is 1.73. The SMILES string of the molecule is CC(C)(C)OC(C)(/C=C/C=O)OC(=O)c1ccccc1. The molecule has 0 N–H and O–H groups in total. The van der Waals surface area contributed by atoms with E-state index < -0.39 is 17.4 Å². The standard InChI is InChI=1S/C16H20O4/c1-15(2,3)20-16(4,11-8-12-17)19-14(18)13-9-6-5-7-10-13/h5-12H,1-4H3/b11-8+. The van der Waals surface area contributed by atoms with Gasteiger partial charge in [-0.25, -0.2) is 4.79 Å². The van der Waals surface area contributed by atoms with Gasteiger partial charge in [0.15, 0.2) is 0 Å². The quantitative estimate of drug-likeness (QED) is 0.359. The lowest BCUT2D eigenvalue weighted by Gasteiger charge is -2.33. The molecule has 0 fully saturated rings. The maximum absolute atomic E-state index is 12.1. The molecule has 20 heavy (non-hydrogen) atoms. The van der Waals surface area contributed by atoms with Gasteiger partial charge in [0.1, 0.15) is 6.29 Å². The number of hydrogen-bond acceptors (Lipinski definition) is 4. The molecule has 0 saturated heterocycles. The molecule has 0 aliphatic carbocycles. The molecule has 0 aliphatic heterocycles. The van der Waals surface area contributed by atoms with E-state index in [-0.39, 0.29) is 0 Å². The van der Waals surface area contributed by atoms with Gasteiger partial charge in [-0.1, -0.05) is 18.2 Å². The average molecular weight is 276 g/mol. The first-order chi connectivity index (χ1) is 9.26. The third-order valence-corrected chi connectivity index (χ3v) is 2.29. The molecule has 0 spiro atoms. The van der Waals surface area contributed by atoms with Gasteiger partial charge in [-0.15, -0.1) is 0 Å². The minimum Gasteiger partial charge on any atom is -0.426 e. The van der Waals surface area contributed by atoms with Crippen molar-refractivity contribution in [3.8, 4) is 0 Å². The van der Waals surface area contributed by atoms with Gasteiger partial charge in [-0.2, -0.15) is 0 Å². The molecular formula is C16H20O4. The zero-order chi connectivity index (χ0) is 15.2. The summed E-state index contributed by atoms with van der Waals surface area (Å²) < 4.78 is 11.1. The molecule has 1 unspecified atom stereocenters. The van der Waals surface area contributed by atoms with Crippen molar-refractivity contribution < 1.29 is 19.1 Å². The van der Waals surface area contributed by atoms with E-state index in [9.17, 15) is 9.59 Å². The lowest BCUT2D eigenvalue weighted by atomic mass is 10.1. The number of ether oxygens (including phenoxy) is 2. The van der Waals surface area contributed by atoms with Crippen LogP contribution in [0.4, 0.5) is 0 Å². The second-order valence-corrected chi connectivity index (χ2v) is 5.48. The van der Waals surface area contributed by atoms with Crippen molar-refractivity contribution in [2.75, 3.05) is 0 Å². The molecular weight excluding hydrogens is 256 g/mol. The normalized spacial score (nSPS) is 14.8. The number of allylic oxidation sites excluding steroid dienone is 1. The van der Waals surface area contributed by atoms with Crippen LogP contribution in [0.1, 0.15) is 38.1 Å². The Kier molecular flexibility index (Phi) is 5.22. The van der Waals surface area contributed by atoms with Gasteiger partial charge < -0.3 is 9.47 Å². The predicted molar refractivity (Wildman–Crippen MR) is 76.3 cm³/mol. The second kappa shape index (κ2) is 6.48. The van der Waals surface area contributed by atoms with Crippen molar-refractivity contribution in [2.45, 2.75) is 39.1 Å². The highest BCUT2D eigenvalue weighted by atomic mass is 16.7. The van der Waals surface area contributed by atoms with Crippen molar-refractivity contribution in [1.29, 1.82) is 0 Å². The maximum Gasteiger partial charge on any atom is 0.340 e. The van der Waals surface area contributed by atoms with Crippen LogP contribution in [0, 0.1) is 0 Å². The van der Waals surface area contributed by atoms with Gasteiger partial charge in [0.2, 0.25) is 5.79 Å². The second-order valence-electron chi connectivity index (χ2n) is 5.48. The average Bonchev–Trinajstić information content (AvgIpc) is 2.35. The summed E-state index contributed by atoms with van der Waals surface area (Å²) in [6.07, 6.45) is 3.29. The molecule has 0 heterocycles. The Hall–Kier alpha value is -1.94. The van der Waals surface area contributed by atoms with Gasteiger partial charge >= 0.3 is 5.97 Å². The first-order valence-corrected chi connectivity index (χ1v) is 6.37. The van der Waals surface area contributed by atoms with Gasteiger partial charge in [0, 0.05) is 6.92 Å². The van der Waals surface area contributed by atoms with Crippen LogP contribution in [0.2, 0.25) is 0 Å². The van der Waals surface area contributed by atoms with Crippen LogP contribution >= 0.6 is 0 Å². The van der Waals surface area contributed by atoms with Gasteiger partial charge in [-0.3, -0.25) is 4.79 Å².